The molecular formula is C20H21N5O5S. The van der Waals surface area contributed by atoms with Crippen molar-refractivity contribution in [2.24, 2.45) is 4.99 Å². The number of carbonyl (C=O) groups excluding carboxylic acids is 3. The summed E-state index contributed by atoms with van der Waals surface area (Å²) in [5.41, 5.74) is 1.44. The Balaban J connectivity index is 1.23. The van der Waals surface area contributed by atoms with Gasteiger partial charge in [0, 0.05) is 57.0 Å². The summed E-state index contributed by atoms with van der Waals surface area (Å²) >= 11 is 1.34. The number of urea groups is 1. The maximum atomic E-state index is 12.6. The maximum absolute atomic E-state index is 12.6. The number of piperazine rings is 1. The van der Waals surface area contributed by atoms with Crippen LogP contribution in [-0.4, -0.2) is 76.3 Å². The molecule has 11 heteroatoms. The van der Waals surface area contributed by atoms with E-state index in [1.165, 1.54) is 23.9 Å². The molecule has 1 aromatic carbocycles. The highest BCUT2D eigenvalue weighted by atomic mass is 32.2. The SMILES string of the molecule is O=C(CCCN1C(=O)N=C2C=CSC2C1=O)N1CCN(c2ccc([N+](=O)[O-])cc2)CC1. The summed E-state index contributed by atoms with van der Waals surface area (Å²) in [6, 6.07) is 5.82. The summed E-state index contributed by atoms with van der Waals surface area (Å²) in [4.78, 5) is 56.4. The van der Waals surface area contributed by atoms with E-state index in [0.717, 1.165) is 10.6 Å². The largest absolute Gasteiger partial charge is 0.368 e. The Hall–Kier alpha value is -3.21. The molecule has 0 N–H and O–H groups in total. The lowest BCUT2D eigenvalue weighted by atomic mass is 10.1. The number of nitro benzene ring substituents is 1. The maximum Gasteiger partial charge on any atom is 0.350 e. The molecule has 0 aliphatic carbocycles. The summed E-state index contributed by atoms with van der Waals surface area (Å²) in [6.45, 7) is 2.55. The number of hydrogen-bond acceptors (Lipinski definition) is 7. The fourth-order valence-corrected chi connectivity index (χ4v) is 4.67. The number of non-ortho nitro benzene ring substituents is 1. The predicted molar refractivity (Wildman–Crippen MR) is 116 cm³/mol. The second-order valence-corrected chi connectivity index (χ2v) is 8.39. The number of rotatable bonds is 6. The molecule has 31 heavy (non-hydrogen) atoms. The summed E-state index contributed by atoms with van der Waals surface area (Å²) in [6.07, 6.45) is 2.33. The highest BCUT2D eigenvalue weighted by molar-refractivity contribution is 8.04. The van der Waals surface area contributed by atoms with Gasteiger partial charge in [-0.15, -0.1) is 11.8 Å². The first-order chi connectivity index (χ1) is 14.9. The van der Waals surface area contributed by atoms with E-state index in [1.807, 2.05) is 0 Å². The molecule has 1 aromatic rings. The number of nitrogens with zero attached hydrogens (tertiary/aromatic N) is 5. The van der Waals surface area contributed by atoms with Gasteiger partial charge in [0.25, 0.3) is 5.69 Å². The zero-order valence-corrected chi connectivity index (χ0v) is 17.5. The van der Waals surface area contributed by atoms with Gasteiger partial charge < -0.3 is 9.80 Å². The molecular weight excluding hydrogens is 422 g/mol. The Bertz CT molecular complexity index is 969. The lowest BCUT2D eigenvalue weighted by Crippen LogP contribution is -2.49. The molecule has 3 heterocycles. The normalized spacial score (nSPS) is 20.7. The molecule has 4 rings (SSSR count). The zero-order chi connectivity index (χ0) is 22.0. The first-order valence-electron chi connectivity index (χ1n) is 9.97. The summed E-state index contributed by atoms with van der Waals surface area (Å²) in [5, 5.41) is 12.1. The second-order valence-electron chi connectivity index (χ2n) is 7.37. The minimum absolute atomic E-state index is 0.0126. The third-order valence-electron chi connectivity index (χ3n) is 5.50. The van der Waals surface area contributed by atoms with E-state index in [4.69, 9.17) is 0 Å². The van der Waals surface area contributed by atoms with Gasteiger partial charge in [-0.3, -0.25) is 24.6 Å². The molecule has 0 bridgehead atoms. The number of benzene rings is 1. The van der Waals surface area contributed by atoms with Crippen molar-refractivity contribution in [3.8, 4) is 0 Å². The van der Waals surface area contributed by atoms with Crippen LogP contribution in [0.4, 0.5) is 16.2 Å². The third-order valence-corrected chi connectivity index (χ3v) is 6.51. The van der Waals surface area contributed by atoms with Crippen LogP contribution >= 0.6 is 11.8 Å². The van der Waals surface area contributed by atoms with Crippen LogP contribution in [0.1, 0.15) is 12.8 Å². The van der Waals surface area contributed by atoms with Gasteiger partial charge in [0.1, 0.15) is 5.25 Å². The van der Waals surface area contributed by atoms with Crippen molar-refractivity contribution in [1.82, 2.24) is 9.80 Å². The fraction of sp³-hybridized carbons (Fsp3) is 0.400. The smallest absolute Gasteiger partial charge is 0.350 e. The number of imide groups is 1. The molecule has 0 aromatic heterocycles. The summed E-state index contributed by atoms with van der Waals surface area (Å²) in [7, 11) is 0. The number of anilines is 1. The minimum Gasteiger partial charge on any atom is -0.368 e. The van der Waals surface area contributed by atoms with E-state index < -0.39 is 16.2 Å². The average Bonchev–Trinajstić information content (AvgIpc) is 3.24. The summed E-state index contributed by atoms with van der Waals surface area (Å²) in [5.74, 6) is -0.282. The molecule has 1 atom stereocenters. The van der Waals surface area contributed by atoms with E-state index in [-0.39, 0.29) is 30.5 Å². The van der Waals surface area contributed by atoms with E-state index >= 15 is 0 Å². The number of nitro groups is 1. The number of hydrogen-bond donors (Lipinski definition) is 0. The van der Waals surface area contributed by atoms with Crippen LogP contribution in [0, 0.1) is 10.1 Å². The van der Waals surface area contributed by atoms with Crippen molar-refractivity contribution >= 4 is 46.7 Å². The van der Waals surface area contributed by atoms with Gasteiger partial charge in [0.05, 0.1) is 10.6 Å². The number of allylic oxidation sites excluding steroid dienone is 1. The zero-order valence-electron chi connectivity index (χ0n) is 16.7. The first kappa shape index (κ1) is 21.0. The quantitative estimate of drug-likeness (QED) is 0.488. The van der Waals surface area contributed by atoms with Gasteiger partial charge in [-0.1, -0.05) is 0 Å². The van der Waals surface area contributed by atoms with Gasteiger partial charge in [0.15, 0.2) is 0 Å². The fourth-order valence-electron chi connectivity index (χ4n) is 3.78. The molecule has 3 aliphatic rings. The average molecular weight is 443 g/mol. The molecule has 1 unspecified atom stereocenters. The van der Waals surface area contributed by atoms with Crippen molar-refractivity contribution < 1.29 is 19.3 Å². The minimum atomic E-state index is -0.562. The van der Waals surface area contributed by atoms with Crippen molar-refractivity contribution in [1.29, 1.82) is 0 Å². The molecule has 3 aliphatic heterocycles. The van der Waals surface area contributed by atoms with Crippen LogP contribution in [0.3, 0.4) is 0 Å². The molecule has 0 radical (unpaired) electrons. The van der Waals surface area contributed by atoms with Crippen LogP contribution in [0.25, 0.3) is 0 Å². The number of carbonyl (C=O) groups is 3. The van der Waals surface area contributed by atoms with Crippen molar-refractivity contribution in [2.45, 2.75) is 18.1 Å². The lowest BCUT2D eigenvalue weighted by molar-refractivity contribution is -0.384. The summed E-state index contributed by atoms with van der Waals surface area (Å²) < 4.78 is 0. The topological polar surface area (TPSA) is 116 Å². The Morgan fingerprint density at radius 3 is 2.55 bits per heavy atom. The van der Waals surface area contributed by atoms with Crippen molar-refractivity contribution in [3.05, 3.63) is 45.9 Å². The Morgan fingerprint density at radius 2 is 1.87 bits per heavy atom. The molecule has 4 amide bonds. The van der Waals surface area contributed by atoms with E-state index in [2.05, 4.69) is 9.89 Å². The first-order valence-corrected chi connectivity index (χ1v) is 10.9. The van der Waals surface area contributed by atoms with Crippen LogP contribution in [0.5, 0.6) is 0 Å². The molecule has 10 nitrogen and oxygen atoms in total. The van der Waals surface area contributed by atoms with Gasteiger partial charge in [0.2, 0.25) is 11.8 Å². The Labute approximate surface area is 182 Å². The van der Waals surface area contributed by atoms with Crippen molar-refractivity contribution in [3.63, 3.8) is 0 Å². The molecule has 1 fully saturated rings. The number of thioether (sulfide) groups is 1. The number of amides is 4. The standard InChI is InChI=1S/C20H21N5O5S/c26-17(2-1-8-24-19(27)18-16(7-13-31-18)21-20(24)28)23-11-9-22(10-12-23)14-3-5-15(6-4-14)25(29)30/h3-7,13,18H,1-2,8-12H2. The molecule has 0 saturated carbocycles. The lowest BCUT2D eigenvalue weighted by Gasteiger charge is -2.36. The van der Waals surface area contributed by atoms with Gasteiger partial charge >= 0.3 is 6.03 Å². The Morgan fingerprint density at radius 1 is 1.16 bits per heavy atom. The van der Waals surface area contributed by atoms with Crippen molar-refractivity contribution in [2.75, 3.05) is 37.6 Å². The Kier molecular flexibility index (Phi) is 6.03. The monoisotopic (exact) mass is 443 g/mol. The van der Waals surface area contributed by atoms with Crippen LogP contribution in [-0.2, 0) is 9.59 Å². The van der Waals surface area contributed by atoms with Crippen LogP contribution < -0.4 is 4.90 Å². The molecule has 0 spiro atoms. The predicted octanol–water partition coefficient (Wildman–Crippen LogP) is 2.06. The van der Waals surface area contributed by atoms with Crippen LogP contribution in [0.2, 0.25) is 0 Å². The highest BCUT2D eigenvalue weighted by Crippen LogP contribution is 2.28. The molecule has 1 saturated heterocycles. The number of aliphatic imine (C=N–C) groups is 1. The van der Waals surface area contributed by atoms with Gasteiger partial charge in [-0.25, -0.2) is 4.79 Å². The van der Waals surface area contributed by atoms with Crippen LogP contribution in [0.15, 0.2) is 40.7 Å². The second kappa shape index (κ2) is 8.88. The van der Waals surface area contributed by atoms with Gasteiger partial charge in [-0.05, 0) is 30.0 Å². The van der Waals surface area contributed by atoms with E-state index in [0.29, 0.717) is 38.3 Å². The highest BCUT2D eigenvalue weighted by Gasteiger charge is 2.38. The number of fused-ring (bicyclic) bond motifs is 1. The van der Waals surface area contributed by atoms with Gasteiger partial charge in [-0.2, -0.15) is 4.99 Å². The van der Waals surface area contributed by atoms with E-state index in [1.54, 1.807) is 28.5 Å². The molecule has 162 valence electrons. The third kappa shape index (κ3) is 4.46. The van der Waals surface area contributed by atoms with E-state index in [9.17, 15) is 24.5 Å².